The van der Waals surface area contributed by atoms with Gasteiger partial charge in [0.2, 0.25) is 5.91 Å². The van der Waals surface area contributed by atoms with Gasteiger partial charge in [-0.05, 0) is 63.2 Å². The van der Waals surface area contributed by atoms with Crippen LogP contribution in [-0.4, -0.2) is 54.5 Å². The van der Waals surface area contributed by atoms with Gasteiger partial charge in [-0.1, -0.05) is 23.3 Å². The number of urea groups is 1. The van der Waals surface area contributed by atoms with Crippen LogP contribution in [0.25, 0.3) is 0 Å². The summed E-state index contributed by atoms with van der Waals surface area (Å²) in [7, 11) is 0. The fourth-order valence-corrected chi connectivity index (χ4v) is 5.21. The minimum absolute atomic E-state index is 0.0126. The number of carbonyl (C=O) groups excluding carboxylic acids is 2. The Balaban J connectivity index is 1.20. The van der Waals surface area contributed by atoms with E-state index in [1.165, 1.54) is 36.8 Å². The first-order valence-electron chi connectivity index (χ1n) is 10.9. The van der Waals surface area contributed by atoms with E-state index < -0.39 is 0 Å². The van der Waals surface area contributed by atoms with Gasteiger partial charge in [-0.3, -0.25) is 4.79 Å². The summed E-state index contributed by atoms with van der Waals surface area (Å²) in [6.07, 6.45) is 14.7. The van der Waals surface area contributed by atoms with Crippen LogP contribution in [0.4, 0.5) is 4.79 Å². The Kier molecular flexibility index (Phi) is 5.84. The molecule has 0 aromatic carbocycles. The van der Waals surface area contributed by atoms with Gasteiger partial charge < -0.3 is 15.1 Å². The van der Waals surface area contributed by atoms with Gasteiger partial charge in [0.15, 0.2) is 0 Å². The Hall–Kier alpha value is -1.78. The largest absolute Gasteiger partial charge is 0.339 e. The third kappa shape index (κ3) is 4.39. The highest BCUT2D eigenvalue weighted by Crippen LogP contribution is 2.32. The molecule has 2 saturated heterocycles. The molecule has 2 aliphatic carbocycles. The molecule has 5 heteroatoms. The SMILES string of the molecule is O=C(CCNC(=O)N1CCC2CCCC=C2C1)N1CCC2CCCC=C2C1. The molecule has 0 radical (unpaired) electrons. The van der Waals surface area contributed by atoms with Crippen molar-refractivity contribution in [1.82, 2.24) is 15.1 Å². The Bertz CT molecular complexity index is 585. The zero-order chi connectivity index (χ0) is 18.6. The van der Waals surface area contributed by atoms with Crippen LogP contribution in [-0.2, 0) is 4.79 Å². The van der Waals surface area contributed by atoms with Gasteiger partial charge >= 0.3 is 6.03 Å². The number of piperidine rings is 2. The third-order valence-corrected chi connectivity index (χ3v) is 6.87. The summed E-state index contributed by atoms with van der Waals surface area (Å²) in [6, 6.07) is -0.0126. The first-order valence-corrected chi connectivity index (χ1v) is 10.9. The van der Waals surface area contributed by atoms with Crippen molar-refractivity contribution in [2.45, 2.75) is 57.8 Å². The van der Waals surface area contributed by atoms with Crippen LogP contribution in [0.15, 0.2) is 23.3 Å². The van der Waals surface area contributed by atoms with Gasteiger partial charge in [0.1, 0.15) is 0 Å². The average Bonchev–Trinajstić information content (AvgIpc) is 2.72. The number of likely N-dealkylation sites (tertiary alicyclic amines) is 2. The molecule has 1 N–H and O–H groups in total. The van der Waals surface area contributed by atoms with Crippen molar-refractivity contribution in [3.8, 4) is 0 Å². The lowest BCUT2D eigenvalue weighted by Crippen LogP contribution is -2.47. The van der Waals surface area contributed by atoms with Crippen molar-refractivity contribution in [2.24, 2.45) is 11.8 Å². The Labute approximate surface area is 162 Å². The van der Waals surface area contributed by atoms with Crippen molar-refractivity contribution in [3.63, 3.8) is 0 Å². The molecule has 2 aliphatic heterocycles. The molecule has 4 rings (SSSR count). The van der Waals surface area contributed by atoms with Crippen molar-refractivity contribution in [2.75, 3.05) is 32.7 Å². The Morgan fingerprint density at radius 2 is 1.48 bits per heavy atom. The average molecular weight is 372 g/mol. The number of hydrogen-bond acceptors (Lipinski definition) is 2. The van der Waals surface area contributed by atoms with E-state index in [1.807, 2.05) is 9.80 Å². The maximum atomic E-state index is 12.5. The standard InChI is InChI=1S/C22H33N3O2/c26-21(24-13-10-17-5-1-3-7-19(17)15-24)9-12-23-22(27)25-14-11-18-6-2-4-8-20(18)16-25/h7-8,17-18H,1-6,9-16H2,(H,23,27). The highest BCUT2D eigenvalue weighted by Gasteiger charge is 2.29. The summed E-state index contributed by atoms with van der Waals surface area (Å²) in [5, 5.41) is 2.97. The molecule has 3 amide bonds. The van der Waals surface area contributed by atoms with Crippen LogP contribution >= 0.6 is 0 Å². The second-order valence-electron chi connectivity index (χ2n) is 8.61. The van der Waals surface area contributed by atoms with Crippen LogP contribution in [0.5, 0.6) is 0 Å². The van der Waals surface area contributed by atoms with Crippen LogP contribution in [0.2, 0.25) is 0 Å². The van der Waals surface area contributed by atoms with E-state index in [9.17, 15) is 9.59 Å². The molecule has 2 fully saturated rings. The van der Waals surface area contributed by atoms with Crippen LogP contribution in [0.1, 0.15) is 57.8 Å². The lowest BCUT2D eigenvalue weighted by atomic mass is 9.82. The molecule has 27 heavy (non-hydrogen) atoms. The van der Waals surface area contributed by atoms with Gasteiger partial charge in [0.05, 0.1) is 0 Å². The molecule has 0 bridgehead atoms. The predicted octanol–water partition coefficient (Wildman–Crippen LogP) is 3.48. The van der Waals surface area contributed by atoms with Crippen molar-refractivity contribution in [3.05, 3.63) is 23.3 Å². The predicted molar refractivity (Wildman–Crippen MR) is 106 cm³/mol. The van der Waals surface area contributed by atoms with Gasteiger partial charge in [-0.25, -0.2) is 4.79 Å². The molecule has 4 aliphatic rings. The molecule has 5 nitrogen and oxygen atoms in total. The molecule has 2 unspecified atom stereocenters. The van der Waals surface area contributed by atoms with E-state index in [0.29, 0.717) is 24.8 Å². The molecule has 0 aromatic heterocycles. The summed E-state index contributed by atoms with van der Waals surface area (Å²) in [6.45, 7) is 3.72. The summed E-state index contributed by atoms with van der Waals surface area (Å²) in [5.41, 5.74) is 2.91. The van der Waals surface area contributed by atoms with Crippen LogP contribution in [0, 0.1) is 11.8 Å². The number of fused-ring (bicyclic) bond motifs is 2. The molecule has 0 spiro atoms. The summed E-state index contributed by atoms with van der Waals surface area (Å²) in [4.78, 5) is 28.9. The van der Waals surface area contributed by atoms with E-state index in [2.05, 4.69) is 17.5 Å². The molecule has 148 valence electrons. The maximum absolute atomic E-state index is 12.5. The summed E-state index contributed by atoms with van der Waals surface area (Å²) >= 11 is 0. The van der Waals surface area contributed by atoms with Gasteiger partial charge in [0.25, 0.3) is 0 Å². The van der Waals surface area contributed by atoms with E-state index in [-0.39, 0.29) is 11.9 Å². The maximum Gasteiger partial charge on any atom is 0.317 e. The van der Waals surface area contributed by atoms with Gasteiger partial charge in [0, 0.05) is 39.1 Å². The van der Waals surface area contributed by atoms with E-state index in [4.69, 9.17) is 0 Å². The number of nitrogens with one attached hydrogen (secondary N) is 1. The van der Waals surface area contributed by atoms with Gasteiger partial charge in [-0.2, -0.15) is 0 Å². The lowest BCUT2D eigenvalue weighted by Gasteiger charge is -2.37. The number of carbonyl (C=O) groups is 2. The quantitative estimate of drug-likeness (QED) is 0.772. The second-order valence-corrected chi connectivity index (χ2v) is 8.61. The number of hydrogen-bond donors (Lipinski definition) is 1. The van der Waals surface area contributed by atoms with Crippen molar-refractivity contribution >= 4 is 11.9 Å². The molecule has 2 heterocycles. The van der Waals surface area contributed by atoms with Crippen molar-refractivity contribution in [1.29, 1.82) is 0 Å². The topological polar surface area (TPSA) is 52.7 Å². The Morgan fingerprint density at radius 3 is 2.15 bits per heavy atom. The Morgan fingerprint density at radius 1 is 0.889 bits per heavy atom. The zero-order valence-corrected chi connectivity index (χ0v) is 16.4. The fourth-order valence-electron chi connectivity index (χ4n) is 5.21. The van der Waals surface area contributed by atoms with E-state index >= 15 is 0 Å². The highest BCUT2D eigenvalue weighted by molar-refractivity contribution is 5.79. The smallest absolute Gasteiger partial charge is 0.317 e. The molecular weight excluding hydrogens is 338 g/mol. The highest BCUT2D eigenvalue weighted by atomic mass is 16.2. The molecular formula is C22H33N3O2. The zero-order valence-electron chi connectivity index (χ0n) is 16.4. The van der Waals surface area contributed by atoms with E-state index in [0.717, 1.165) is 51.9 Å². The van der Waals surface area contributed by atoms with Gasteiger partial charge in [-0.15, -0.1) is 0 Å². The number of amides is 3. The monoisotopic (exact) mass is 371 g/mol. The third-order valence-electron chi connectivity index (χ3n) is 6.87. The first kappa shape index (κ1) is 18.6. The van der Waals surface area contributed by atoms with Crippen LogP contribution < -0.4 is 5.32 Å². The molecule has 2 atom stereocenters. The minimum Gasteiger partial charge on any atom is -0.339 e. The summed E-state index contributed by atoms with van der Waals surface area (Å²) in [5.74, 6) is 1.58. The number of rotatable bonds is 3. The normalized spacial score (nSPS) is 27.9. The van der Waals surface area contributed by atoms with Crippen LogP contribution in [0.3, 0.4) is 0 Å². The number of nitrogens with zero attached hydrogens (tertiary/aromatic N) is 2. The molecule has 0 saturated carbocycles. The number of allylic oxidation sites excluding steroid dienone is 2. The first-order chi connectivity index (χ1) is 13.2. The van der Waals surface area contributed by atoms with E-state index in [1.54, 1.807) is 0 Å². The molecule has 0 aromatic rings. The lowest BCUT2D eigenvalue weighted by molar-refractivity contribution is -0.131. The van der Waals surface area contributed by atoms with Crippen molar-refractivity contribution < 1.29 is 9.59 Å². The summed E-state index contributed by atoms with van der Waals surface area (Å²) < 4.78 is 0. The fraction of sp³-hybridized carbons (Fsp3) is 0.727. The second kappa shape index (κ2) is 8.49. The minimum atomic E-state index is -0.0126.